The topological polar surface area (TPSA) is 99.2 Å². The highest BCUT2D eigenvalue weighted by Crippen LogP contribution is 2.36. The van der Waals surface area contributed by atoms with Gasteiger partial charge in [-0.1, -0.05) is 35.3 Å². The van der Waals surface area contributed by atoms with Crippen LogP contribution in [0.5, 0.6) is 11.5 Å². The molecule has 0 amide bonds. The fourth-order valence-electron chi connectivity index (χ4n) is 6.09. The summed E-state index contributed by atoms with van der Waals surface area (Å²) >= 11 is 15.7. The summed E-state index contributed by atoms with van der Waals surface area (Å²) in [6.07, 6.45) is 4.54. The van der Waals surface area contributed by atoms with Gasteiger partial charge in [-0.25, -0.2) is 9.59 Å². The number of carbonyl (C=O) groups is 2. The summed E-state index contributed by atoms with van der Waals surface area (Å²) in [6.45, 7) is 3.33. The molecule has 3 fully saturated rings. The Balaban J connectivity index is 1.15. The standard InChI is InChI=1S/C34H35Cl2N3O6S2/c1-42-26-7-5-21(14-28(26)43-2)27(15-23-24(35)17-37-18-25(23)36)44-33(40)31-8-6-22(47-31)16-38-32(30-4-3-13-46-30)34(41)45-29-19-39-11-9-20(29)10-12-39/h3-8,13-14,17-18,20,27,29,32,38H,9-12,15-16,19H2,1-2H3/t27-,29?,32?/m0/s1. The first-order valence-corrected chi connectivity index (χ1v) is 17.8. The van der Waals surface area contributed by atoms with Gasteiger partial charge in [0.1, 0.15) is 23.1 Å². The average molecular weight is 717 g/mol. The molecule has 3 aliphatic rings. The molecule has 248 valence electrons. The second-order valence-corrected chi connectivity index (χ2v) is 14.5. The van der Waals surface area contributed by atoms with Crippen molar-refractivity contribution in [3.63, 3.8) is 0 Å². The van der Waals surface area contributed by atoms with Gasteiger partial charge in [0, 0.05) is 41.7 Å². The number of halogens is 2. The summed E-state index contributed by atoms with van der Waals surface area (Å²) in [4.78, 5) is 35.6. The van der Waals surface area contributed by atoms with E-state index in [9.17, 15) is 9.59 Å². The van der Waals surface area contributed by atoms with Gasteiger partial charge < -0.3 is 18.9 Å². The fraction of sp³-hybridized carbons (Fsp3) is 0.382. The SMILES string of the molecule is COc1ccc([C@H](Cc2c(Cl)cncc2Cl)OC(=O)c2ccc(CNC(C(=O)OC3CN4CCC3CC4)c3cccs3)s2)cc1OC. The molecule has 0 radical (unpaired) electrons. The van der Waals surface area contributed by atoms with E-state index in [4.69, 9.17) is 42.1 Å². The Morgan fingerprint density at radius 2 is 1.81 bits per heavy atom. The van der Waals surface area contributed by atoms with E-state index in [2.05, 4.69) is 15.2 Å². The van der Waals surface area contributed by atoms with Crippen molar-refractivity contribution in [2.24, 2.45) is 5.92 Å². The summed E-state index contributed by atoms with van der Waals surface area (Å²) < 4.78 is 23.1. The molecule has 1 aromatic carbocycles. The maximum absolute atomic E-state index is 13.6. The number of esters is 2. The first kappa shape index (κ1) is 33.7. The molecular weight excluding hydrogens is 681 g/mol. The molecule has 9 nitrogen and oxygen atoms in total. The lowest BCUT2D eigenvalue weighted by Gasteiger charge is -2.44. The average Bonchev–Trinajstić information content (AvgIpc) is 3.80. The predicted octanol–water partition coefficient (Wildman–Crippen LogP) is 7.14. The normalized spacial score (nSPS) is 20.0. The second kappa shape index (κ2) is 15.4. The number of benzene rings is 1. The van der Waals surface area contributed by atoms with E-state index in [0.29, 0.717) is 50.0 Å². The number of nitrogens with zero attached hydrogens (tertiary/aromatic N) is 2. The van der Waals surface area contributed by atoms with Crippen LogP contribution in [0.4, 0.5) is 0 Å². The van der Waals surface area contributed by atoms with Gasteiger partial charge in [-0.2, -0.15) is 0 Å². The van der Waals surface area contributed by atoms with Crippen LogP contribution in [0.1, 0.15) is 55.5 Å². The van der Waals surface area contributed by atoms with Crippen LogP contribution in [0.15, 0.2) is 60.2 Å². The van der Waals surface area contributed by atoms with E-state index >= 15 is 0 Å². The Kier molecular flexibility index (Phi) is 11.0. The van der Waals surface area contributed by atoms with Crippen molar-refractivity contribution >= 4 is 57.8 Å². The number of fused-ring (bicyclic) bond motifs is 3. The summed E-state index contributed by atoms with van der Waals surface area (Å²) in [6, 6.07) is 12.2. The van der Waals surface area contributed by atoms with Crippen LogP contribution in [-0.4, -0.2) is 61.8 Å². The van der Waals surface area contributed by atoms with Crippen molar-refractivity contribution in [3.05, 3.63) is 96.0 Å². The Morgan fingerprint density at radius 1 is 1.04 bits per heavy atom. The Morgan fingerprint density at radius 3 is 2.47 bits per heavy atom. The lowest BCUT2D eigenvalue weighted by atomic mass is 9.86. The molecule has 3 aromatic heterocycles. The van der Waals surface area contributed by atoms with Crippen LogP contribution in [0.25, 0.3) is 0 Å². The molecular formula is C34H35Cl2N3O6S2. The summed E-state index contributed by atoms with van der Waals surface area (Å²) in [5.41, 5.74) is 1.29. The van der Waals surface area contributed by atoms with Crippen LogP contribution in [-0.2, 0) is 27.2 Å². The maximum atomic E-state index is 13.6. The zero-order valence-electron chi connectivity index (χ0n) is 25.9. The first-order chi connectivity index (χ1) is 22.8. The van der Waals surface area contributed by atoms with Crippen molar-refractivity contribution in [1.29, 1.82) is 0 Å². The number of pyridine rings is 1. The van der Waals surface area contributed by atoms with Crippen LogP contribution in [0, 0.1) is 5.92 Å². The van der Waals surface area contributed by atoms with Crippen molar-refractivity contribution in [2.75, 3.05) is 33.9 Å². The van der Waals surface area contributed by atoms with Gasteiger partial charge in [0.25, 0.3) is 0 Å². The second-order valence-electron chi connectivity index (χ2n) is 11.5. The third kappa shape index (κ3) is 7.93. The lowest BCUT2D eigenvalue weighted by Crippen LogP contribution is -2.52. The highest BCUT2D eigenvalue weighted by molar-refractivity contribution is 7.14. The van der Waals surface area contributed by atoms with Gasteiger partial charge >= 0.3 is 11.9 Å². The molecule has 1 N–H and O–H groups in total. The highest BCUT2D eigenvalue weighted by Gasteiger charge is 2.38. The number of carbonyl (C=O) groups excluding carboxylic acids is 2. The van der Waals surface area contributed by atoms with Crippen molar-refractivity contribution in [1.82, 2.24) is 15.2 Å². The van der Waals surface area contributed by atoms with Crippen molar-refractivity contribution < 1.29 is 28.5 Å². The molecule has 3 aliphatic heterocycles. The summed E-state index contributed by atoms with van der Waals surface area (Å²) in [5, 5.41) is 6.07. The zero-order chi connectivity index (χ0) is 32.9. The van der Waals surface area contributed by atoms with Crippen molar-refractivity contribution in [2.45, 2.75) is 44.1 Å². The van der Waals surface area contributed by atoms with E-state index in [1.165, 1.54) is 35.1 Å². The third-order valence-electron chi connectivity index (χ3n) is 8.64. The van der Waals surface area contributed by atoms with Crippen LogP contribution >= 0.6 is 45.9 Å². The zero-order valence-corrected chi connectivity index (χ0v) is 29.1. The van der Waals surface area contributed by atoms with Gasteiger partial charge in [-0.05, 0) is 78.7 Å². The van der Waals surface area contributed by atoms with Crippen LogP contribution in [0.3, 0.4) is 0 Å². The molecule has 2 bridgehead atoms. The molecule has 4 aromatic rings. The number of ether oxygens (including phenoxy) is 4. The van der Waals surface area contributed by atoms with E-state index in [1.807, 2.05) is 29.6 Å². The first-order valence-electron chi connectivity index (χ1n) is 15.3. The molecule has 2 unspecified atom stereocenters. The Hall–Kier alpha value is -3.19. The van der Waals surface area contributed by atoms with Crippen LogP contribution in [0.2, 0.25) is 10.0 Å². The number of hydrogen-bond donors (Lipinski definition) is 1. The number of piperidine rings is 3. The minimum Gasteiger partial charge on any atom is -0.493 e. The van der Waals surface area contributed by atoms with E-state index < -0.39 is 18.1 Å². The van der Waals surface area contributed by atoms with Crippen LogP contribution < -0.4 is 14.8 Å². The highest BCUT2D eigenvalue weighted by atomic mass is 35.5. The molecule has 3 saturated heterocycles. The Labute approximate surface area is 291 Å². The fourth-order valence-corrected chi connectivity index (χ4v) is 8.24. The van der Waals surface area contributed by atoms with E-state index in [1.54, 1.807) is 32.4 Å². The van der Waals surface area contributed by atoms with Gasteiger partial charge in [0.05, 0.1) is 24.3 Å². The molecule has 3 atom stereocenters. The number of hydrogen-bond acceptors (Lipinski definition) is 11. The lowest BCUT2D eigenvalue weighted by molar-refractivity contribution is -0.161. The third-order valence-corrected chi connectivity index (χ3v) is 11.3. The number of methoxy groups -OCH3 is 2. The summed E-state index contributed by atoms with van der Waals surface area (Å²) in [7, 11) is 3.10. The minimum absolute atomic E-state index is 0.0760. The molecule has 0 aliphatic carbocycles. The van der Waals surface area contributed by atoms with E-state index in [0.717, 1.165) is 42.2 Å². The Bertz CT molecular complexity index is 1670. The number of aromatic nitrogens is 1. The molecule has 0 saturated carbocycles. The molecule has 6 heterocycles. The maximum Gasteiger partial charge on any atom is 0.348 e. The minimum atomic E-state index is -0.743. The molecule has 47 heavy (non-hydrogen) atoms. The summed E-state index contributed by atoms with van der Waals surface area (Å²) in [5.74, 6) is 0.694. The number of thiophene rings is 2. The quantitative estimate of drug-likeness (QED) is 0.145. The van der Waals surface area contributed by atoms with E-state index in [-0.39, 0.29) is 18.5 Å². The molecule has 7 rings (SSSR count). The number of nitrogens with one attached hydrogen (secondary N) is 1. The van der Waals surface area contributed by atoms with Gasteiger partial charge in [0.2, 0.25) is 0 Å². The predicted molar refractivity (Wildman–Crippen MR) is 183 cm³/mol. The molecule has 13 heteroatoms. The van der Waals surface area contributed by atoms with Gasteiger partial charge in [-0.15, -0.1) is 22.7 Å². The smallest absolute Gasteiger partial charge is 0.348 e. The van der Waals surface area contributed by atoms with Gasteiger partial charge in [0.15, 0.2) is 11.5 Å². The molecule has 0 spiro atoms. The number of rotatable bonds is 13. The van der Waals surface area contributed by atoms with Gasteiger partial charge in [-0.3, -0.25) is 15.2 Å². The van der Waals surface area contributed by atoms with Crippen molar-refractivity contribution in [3.8, 4) is 11.5 Å². The monoisotopic (exact) mass is 715 g/mol. The largest absolute Gasteiger partial charge is 0.493 e.